The van der Waals surface area contributed by atoms with E-state index in [1.165, 1.54) is 6.21 Å². The standard InChI is InChI=1S/C13H5Br5N2O3/c14-6-1-5(13(21)9(17)2-6)4-19-11-7(15)3-8(16)12(10(11)18)20(22)23/h1-4,21H. The molecule has 0 fully saturated rings. The van der Waals surface area contributed by atoms with E-state index in [-0.39, 0.29) is 15.9 Å². The van der Waals surface area contributed by atoms with Gasteiger partial charge in [-0.1, -0.05) is 15.9 Å². The largest absolute Gasteiger partial charge is 0.506 e. The number of phenolic OH excluding ortho intramolecular Hbond substituents is 1. The highest BCUT2D eigenvalue weighted by Crippen LogP contribution is 2.44. The van der Waals surface area contributed by atoms with E-state index in [1.807, 2.05) is 0 Å². The van der Waals surface area contributed by atoms with Gasteiger partial charge >= 0.3 is 0 Å². The molecule has 2 aromatic rings. The molecule has 0 saturated heterocycles. The number of nitro benzene ring substituents is 1. The molecule has 0 spiro atoms. The van der Waals surface area contributed by atoms with E-state index < -0.39 is 4.92 Å². The van der Waals surface area contributed by atoms with Crippen molar-refractivity contribution in [3.05, 3.63) is 56.2 Å². The number of rotatable bonds is 3. The number of hydrogen-bond donors (Lipinski definition) is 1. The predicted molar refractivity (Wildman–Crippen MR) is 107 cm³/mol. The number of nitro groups is 1. The molecule has 0 aliphatic heterocycles. The fourth-order valence-electron chi connectivity index (χ4n) is 1.67. The van der Waals surface area contributed by atoms with E-state index in [2.05, 4.69) is 84.6 Å². The summed E-state index contributed by atoms with van der Waals surface area (Å²) in [7, 11) is 0. The molecule has 0 aromatic heterocycles. The average Bonchev–Trinajstić information content (AvgIpc) is 2.42. The van der Waals surface area contributed by atoms with Crippen LogP contribution in [0.1, 0.15) is 5.56 Å². The summed E-state index contributed by atoms with van der Waals surface area (Å²) in [6.07, 6.45) is 1.42. The van der Waals surface area contributed by atoms with Gasteiger partial charge in [0.1, 0.15) is 10.2 Å². The van der Waals surface area contributed by atoms with Crippen LogP contribution in [0.5, 0.6) is 5.75 Å². The molecule has 5 nitrogen and oxygen atoms in total. The van der Waals surface area contributed by atoms with Gasteiger partial charge in [-0.05, 0) is 81.9 Å². The Morgan fingerprint density at radius 3 is 2.30 bits per heavy atom. The lowest BCUT2D eigenvalue weighted by Gasteiger charge is -2.06. The van der Waals surface area contributed by atoms with Gasteiger partial charge in [-0.3, -0.25) is 15.1 Å². The number of benzene rings is 2. The van der Waals surface area contributed by atoms with Gasteiger partial charge in [-0.25, -0.2) is 0 Å². The molecule has 0 radical (unpaired) electrons. The minimum Gasteiger partial charge on any atom is -0.506 e. The van der Waals surface area contributed by atoms with Crippen LogP contribution >= 0.6 is 79.6 Å². The lowest BCUT2D eigenvalue weighted by Crippen LogP contribution is -1.92. The Bertz CT molecular complexity index is 839. The SMILES string of the molecule is O=[N+]([O-])c1c(Br)cc(Br)c(N=Cc2cc(Br)cc(Br)c2O)c1Br. The third-order valence-corrected chi connectivity index (χ3v) is 5.72. The van der Waals surface area contributed by atoms with Gasteiger partial charge < -0.3 is 5.11 Å². The zero-order chi connectivity index (χ0) is 17.3. The first kappa shape index (κ1) is 19.0. The molecule has 1 N–H and O–H groups in total. The maximum atomic E-state index is 11.1. The first-order chi connectivity index (χ1) is 10.7. The minimum absolute atomic E-state index is 0.0239. The molecule has 120 valence electrons. The lowest BCUT2D eigenvalue weighted by molar-refractivity contribution is -0.386. The van der Waals surface area contributed by atoms with Crippen LogP contribution in [-0.2, 0) is 0 Å². The highest BCUT2D eigenvalue weighted by molar-refractivity contribution is 9.12. The van der Waals surface area contributed by atoms with E-state index in [1.54, 1.807) is 18.2 Å². The van der Waals surface area contributed by atoms with Crippen LogP contribution in [0.3, 0.4) is 0 Å². The summed E-state index contributed by atoms with van der Waals surface area (Å²) in [5, 5.41) is 21.2. The van der Waals surface area contributed by atoms with Crippen molar-refractivity contribution >= 4 is 97.2 Å². The molecule has 23 heavy (non-hydrogen) atoms. The number of nitrogens with zero attached hydrogens (tertiary/aromatic N) is 2. The fraction of sp³-hybridized carbons (Fsp3) is 0. The van der Waals surface area contributed by atoms with Gasteiger partial charge in [0.2, 0.25) is 0 Å². The van der Waals surface area contributed by atoms with Crippen LogP contribution in [0.2, 0.25) is 0 Å². The van der Waals surface area contributed by atoms with Gasteiger partial charge in [0.15, 0.2) is 0 Å². The summed E-state index contributed by atoms with van der Waals surface area (Å²) in [4.78, 5) is 14.9. The fourth-order valence-corrected chi connectivity index (χ4v) is 5.55. The molecule has 0 bridgehead atoms. The molecule has 0 aliphatic carbocycles. The third-order valence-electron chi connectivity index (χ3n) is 2.69. The van der Waals surface area contributed by atoms with Crippen molar-refractivity contribution < 1.29 is 10.0 Å². The van der Waals surface area contributed by atoms with E-state index >= 15 is 0 Å². The number of aliphatic imine (C=N–C) groups is 1. The second kappa shape index (κ2) is 7.73. The topological polar surface area (TPSA) is 75.7 Å². The zero-order valence-corrected chi connectivity index (χ0v) is 18.8. The van der Waals surface area contributed by atoms with Crippen molar-refractivity contribution in [2.75, 3.05) is 0 Å². The van der Waals surface area contributed by atoms with Crippen molar-refractivity contribution in [1.82, 2.24) is 0 Å². The van der Waals surface area contributed by atoms with Crippen LogP contribution in [0.25, 0.3) is 0 Å². The van der Waals surface area contributed by atoms with Gasteiger partial charge in [-0.2, -0.15) is 0 Å². The van der Waals surface area contributed by atoms with Crippen molar-refractivity contribution in [3.8, 4) is 5.75 Å². The van der Waals surface area contributed by atoms with E-state index in [9.17, 15) is 15.2 Å². The van der Waals surface area contributed by atoms with Crippen LogP contribution in [-0.4, -0.2) is 16.2 Å². The van der Waals surface area contributed by atoms with E-state index in [4.69, 9.17) is 0 Å². The quantitative estimate of drug-likeness (QED) is 0.227. The Balaban J connectivity index is 2.57. The number of halogens is 5. The molecular formula is C13H5Br5N2O3. The van der Waals surface area contributed by atoms with Crippen LogP contribution in [0.4, 0.5) is 11.4 Å². The molecule has 0 unspecified atom stereocenters. The second-order valence-electron chi connectivity index (χ2n) is 4.19. The summed E-state index contributed by atoms with van der Waals surface area (Å²) in [5.41, 5.74) is 0.672. The molecule has 2 rings (SSSR count). The Morgan fingerprint density at radius 1 is 1.04 bits per heavy atom. The van der Waals surface area contributed by atoms with Crippen molar-refractivity contribution in [2.24, 2.45) is 4.99 Å². The maximum absolute atomic E-state index is 11.1. The first-order valence-electron chi connectivity index (χ1n) is 5.76. The molecule has 0 amide bonds. The zero-order valence-electron chi connectivity index (χ0n) is 10.9. The summed E-state index contributed by atoms with van der Waals surface area (Å²) < 4.78 is 2.38. The number of aromatic hydroxyl groups is 1. The highest BCUT2D eigenvalue weighted by atomic mass is 79.9. The van der Waals surface area contributed by atoms with Crippen molar-refractivity contribution in [2.45, 2.75) is 0 Å². The molecule has 0 heterocycles. The molecular weight excluding hydrogens is 632 g/mol. The smallest absolute Gasteiger partial charge is 0.299 e. The molecule has 0 aliphatic rings. The summed E-state index contributed by atoms with van der Waals surface area (Å²) in [5.74, 6) is 0.0239. The number of hydrogen-bond acceptors (Lipinski definition) is 4. The van der Waals surface area contributed by atoms with E-state index in [0.717, 1.165) is 4.47 Å². The first-order valence-corrected chi connectivity index (χ1v) is 9.72. The average molecular weight is 637 g/mol. The minimum atomic E-state index is -0.507. The Kier molecular flexibility index (Phi) is 6.40. The molecule has 0 atom stereocenters. The molecule has 0 saturated carbocycles. The lowest BCUT2D eigenvalue weighted by atomic mass is 10.2. The van der Waals surface area contributed by atoms with Gasteiger partial charge in [0, 0.05) is 20.7 Å². The Labute approximate surface area is 173 Å². The number of phenols is 1. The predicted octanol–water partition coefficient (Wildman–Crippen LogP) is 6.86. The summed E-state index contributed by atoms with van der Waals surface area (Å²) in [6.45, 7) is 0. The van der Waals surface area contributed by atoms with Crippen molar-refractivity contribution in [1.29, 1.82) is 0 Å². The summed E-state index contributed by atoms with van der Waals surface area (Å²) >= 11 is 16.2. The maximum Gasteiger partial charge on any atom is 0.299 e. The molecule has 2 aromatic carbocycles. The van der Waals surface area contributed by atoms with Crippen LogP contribution < -0.4 is 0 Å². The van der Waals surface area contributed by atoms with Crippen LogP contribution in [0, 0.1) is 10.1 Å². The van der Waals surface area contributed by atoms with Gasteiger partial charge in [-0.15, -0.1) is 0 Å². The third kappa shape index (κ3) is 4.22. The molecule has 10 heteroatoms. The monoisotopic (exact) mass is 632 g/mol. The van der Waals surface area contributed by atoms with Gasteiger partial charge in [0.05, 0.1) is 19.6 Å². The Morgan fingerprint density at radius 2 is 1.70 bits per heavy atom. The van der Waals surface area contributed by atoms with E-state index in [0.29, 0.717) is 24.7 Å². The summed E-state index contributed by atoms with van der Waals surface area (Å²) in [6, 6.07) is 4.92. The van der Waals surface area contributed by atoms with Crippen LogP contribution in [0.15, 0.2) is 45.6 Å². The normalized spacial score (nSPS) is 11.2. The second-order valence-corrected chi connectivity index (χ2v) is 8.46. The highest BCUT2D eigenvalue weighted by Gasteiger charge is 2.22. The van der Waals surface area contributed by atoms with Crippen molar-refractivity contribution in [3.63, 3.8) is 0 Å². The van der Waals surface area contributed by atoms with Gasteiger partial charge in [0.25, 0.3) is 5.69 Å². The Hall–Kier alpha value is -0.290.